The molecular formula is C23H40IN5O3. The fraction of sp³-hybridized carbons (Fsp3) is 0.652. The molecular weight excluding hydrogens is 521 g/mol. The number of carbonyl (C=O) groups is 1. The summed E-state index contributed by atoms with van der Waals surface area (Å²) in [5.74, 6) is 2.41. The third-order valence-electron chi connectivity index (χ3n) is 5.16. The number of guanidine groups is 1. The standard InChI is InChI=1S/C23H39N5O3.HI/c1-5-12-25-22(29)17-28-13-10-19(11-14-28)27-23(24-6-2)26-16-18-8-9-20(30-4)21(15-18)31-7-3;/h8-9,15,19H,5-7,10-14,16-17H2,1-4H3,(H,25,29)(H2,24,26,27);1H. The lowest BCUT2D eigenvalue weighted by Gasteiger charge is -2.32. The molecule has 32 heavy (non-hydrogen) atoms. The van der Waals surface area contributed by atoms with Gasteiger partial charge in [0.25, 0.3) is 0 Å². The number of piperidine rings is 1. The molecule has 0 spiro atoms. The number of carbonyl (C=O) groups excluding carboxylic acids is 1. The summed E-state index contributed by atoms with van der Waals surface area (Å²) in [6, 6.07) is 6.26. The van der Waals surface area contributed by atoms with Crippen LogP contribution < -0.4 is 25.4 Å². The Labute approximate surface area is 209 Å². The van der Waals surface area contributed by atoms with E-state index in [0.717, 1.165) is 68.5 Å². The Balaban J connectivity index is 0.00000512. The molecule has 2 rings (SSSR count). The van der Waals surface area contributed by atoms with E-state index in [-0.39, 0.29) is 29.9 Å². The highest BCUT2D eigenvalue weighted by molar-refractivity contribution is 14.0. The molecule has 0 unspecified atom stereocenters. The van der Waals surface area contributed by atoms with Crippen molar-refractivity contribution in [2.75, 3.05) is 46.4 Å². The molecule has 1 heterocycles. The number of nitrogens with zero attached hydrogens (tertiary/aromatic N) is 2. The minimum atomic E-state index is 0. The molecule has 3 N–H and O–H groups in total. The van der Waals surface area contributed by atoms with Gasteiger partial charge < -0.3 is 25.4 Å². The van der Waals surface area contributed by atoms with E-state index in [1.807, 2.05) is 25.1 Å². The van der Waals surface area contributed by atoms with Gasteiger partial charge in [-0.15, -0.1) is 24.0 Å². The van der Waals surface area contributed by atoms with Gasteiger partial charge in [-0.05, 0) is 50.8 Å². The van der Waals surface area contributed by atoms with Crippen LogP contribution in [0.4, 0.5) is 0 Å². The minimum absolute atomic E-state index is 0. The van der Waals surface area contributed by atoms with Gasteiger partial charge in [-0.25, -0.2) is 4.99 Å². The summed E-state index contributed by atoms with van der Waals surface area (Å²) in [5.41, 5.74) is 1.06. The zero-order valence-corrected chi connectivity index (χ0v) is 22.2. The lowest BCUT2D eigenvalue weighted by Crippen LogP contribution is -2.50. The van der Waals surface area contributed by atoms with Gasteiger partial charge in [0, 0.05) is 32.2 Å². The second-order valence-electron chi connectivity index (χ2n) is 7.66. The first-order chi connectivity index (χ1) is 15.1. The van der Waals surface area contributed by atoms with Crippen LogP contribution in [-0.2, 0) is 11.3 Å². The molecule has 1 aliphatic heterocycles. The van der Waals surface area contributed by atoms with Gasteiger partial charge in [0.1, 0.15) is 0 Å². The van der Waals surface area contributed by atoms with Crippen molar-refractivity contribution < 1.29 is 14.3 Å². The molecule has 1 fully saturated rings. The molecule has 1 aromatic carbocycles. The van der Waals surface area contributed by atoms with Gasteiger partial charge in [-0.1, -0.05) is 13.0 Å². The van der Waals surface area contributed by atoms with Crippen LogP contribution in [0.15, 0.2) is 23.2 Å². The summed E-state index contributed by atoms with van der Waals surface area (Å²) >= 11 is 0. The van der Waals surface area contributed by atoms with E-state index < -0.39 is 0 Å². The number of hydrogen-bond donors (Lipinski definition) is 3. The Morgan fingerprint density at radius 2 is 1.91 bits per heavy atom. The van der Waals surface area contributed by atoms with Crippen LogP contribution in [0.2, 0.25) is 0 Å². The summed E-state index contributed by atoms with van der Waals surface area (Å²) in [7, 11) is 1.64. The molecule has 1 amide bonds. The zero-order chi connectivity index (χ0) is 22.5. The van der Waals surface area contributed by atoms with Gasteiger partial charge >= 0.3 is 0 Å². The highest BCUT2D eigenvalue weighted by Crippen LogP contribution is 2.28. The Bertz CT molecular complexity index is 709. The monoisotopic (exact) mass is 561 g/mol. The molecule has 8 nitrogen and oxygen atoms in total. The van der Waals surface area contributed by atoms with Crippen molar-refractivity contribution in [2.24, 2.45) is 4.99 Å². The lowest BCUT2D eigenvalue weighted by atomic mass is 10.1. The van der Waals surface area contributed by atoms with Crippen molar-refractivity contribution >= 4 is 35.8 Å². The Morgan fingerprint density at radius 3 is 2.53 bits per heavy atom. The van der Waals surface area contributed by atoms with Gasteiger partial charge in [-0.2, -0.15) is 0 Å². The maximum Gasteiger partial charge on any atom is 0.234 e. The van der Waals surface area contributed by atoms with Crippen LogP contribution in [-0.4, -0.2) is 69.2 Å². The Hall–Kier alpha value is -1.75. The topological polar surface area (TPSA) is 87.2 Å². The Kier molecular flexibility index (Phi) is 14.1. The van der Waals surface area contributed by atoms with E-state index in [2.05, 4.69) is 34.7 Å². The maximum absolute atomic E-state index is 11.9. The van der Waals surface area contributed by atoms with Crippen molar-refractivity contribution in [1.82, 2.24) is 20.9 Å². The molecule has 0 bridgehead atoms. The molecule has 0 atom stereocenters. The first kappa shape index (κ1) is 28.3. The fourth-order valence-electron chi connectivity index (χ4n) is 3.53. The molecule has 9 heteroatoms. The first-order valence-electron chi connectivity index (χ1n) is 11.4. The van der Waals surface area contributed by atoms with Gasteiger partial charge in [0.15, 0.2) is 17.5 Å². The molecule has 0 radical (unpaired) electrons. The number of rotatable bonds is 11. The second kappa shape index (κ2) is 16.0. The van der Waals surface area contributed by atoms with Gasteiger partial charge in [0.2, 0.25) is 5.91 Å². The highest BCUT2D eigenvalue weighted by atomic mass is 127. The van der Waals surface area contributed by atoms with Crippen molar-refractivity contribution in [2.45, 2.75) is 52.6 Å². The van der Waals surface area contributed by atoms with Crippen molar-refractivity contribution in [3.63, 3.8) is 0 Å². The lowest BCUT2D eigenvalue weighted by molar-refractivity contribution is -0.122. The predicted molar refractivity (Wildman–Crippen MR) is 140 cm³/mol. The van der Waals surface area contributed by atoms with Gasteiger partial charge in [-0.3, -0.25) is 9.69 Å². The highest BCUT2D eigenvalue weighted by Gasteiger charge is 2.21. The smallest absolute Gasteiger partial charge is 0.234 e. The Morgan fingerprint density at radius 1 is 1.16 bits per heavy atom. The molecule has 0 saturated carbocycles. The number of nitrogens with one attached hydrogen (secondary N) is 3. The molecule has 1 aromatic rings. The van der Waals surface area contributed by atoms with E-state index >= 15 is 0 Å². The number of hydrogen-bond acceptors (Lipinski definition) is 5. The number of benzene rings is 1. The van der Waals surface area contributed by atoms with E-state index in [0.29, 0.717) is 25.7 Å². The first-order valence-corrected chi connectivity index (χ1v) is 11.4. The summed E-state index contributed by atoms with van der Waals surface area (Å²) in [5, 5.41) is 9.84. The van der Waals surface area contributed by atoms with Crippen LogP contribution in [0.1, 0.15) is 45.6 Å². The largest absolute Gasteiger partial charge is 0.493 e. The van der Waals surface area contributed by atoms with Crippen LogP contribution in [0.25, 0.3) is 0 Å². The van der Waals surface area contributed by atoms with E-state index in [4.69, 9.17) is 14.5 Å². The van der Waals surface area contributed by atoms with E-state index in [1.54, 1.807) is 7.11 Å². The molecule has 0 aliphatic carbocycles. The molecule has 182 valence electrons. The van der Waals surface area contributed by atoms with Gasteiger partial charge in [0.05, 0.1) is 26.8 Å². The number of aliphatic imine (C=N–C) groups is 1. The summed E-state index contributed by atoms with van der Waals surface area (Å²) < 4.78 is 11.0. The zero-order valence-electron chi connectivity index (χ0n) is 19.9. The van der Waals surface area contributed by atoms with Crippen molar-refractivity contribution in [3.8, 4) is 11.5 Å². The number of ether oxygens (including phenoxy) is 2. The van der Waals surface area contributed by atoms with Crippen molar-refractivity contribution in [3.05, 3.63) is 23.8 Å². The third kappa shape index (κ3) is 9.81. The normalized spacial score (nSPS) is 14.9. The minimum Gasteiger partial charge on any atom is -0.493 e. The van der Waals surface area contributed by atoms with Crippen LogP contribution >= 0.6 is 24.0 Å². The van der Waals surface area contributed by atoms with Crippen LogP contribution in [0.5, 0.6) is 11.5 Å². The average molecular weight is 562 g/mol. The summed E-state index contributed by atoms with van der Waals surface area (Å²) in [6.07, 6.45) is 2.94. The van der Waals surface area contributed by atoms with Crippen LogP contribution in [0, 0.1) is 0 Å². The SMILES string of the molecule is CCCNC(=O)CN1CCC(NC(=NCc2ccc(OC)c(OCC)c2)NCC)CC1.I. The maximum atomic E-state index is 11.9. The number of halogens is 1. The molecule has 1 saturated heterocycles. The summed E-state index contributed by atoms with van der Waals surface area (Å²) in [4.78, 5) is 18.9. The number of amides is 1. The second-order valence-corrected chi connectivity index (χ2v) is 7.66. The average Bonchev–Trinajstić information content (AvgIpc) is 2.78. The summed E-state index contributed by atoms with van der Waals surface area (Å²) in [6.45, 7) is 11.1. The number of methoxy groups -OCH3 is 1. The molecule has 1 aliphatic rings. The predicted octanol–water partition coefficient (Wildman–Crippen LogP) is 2.76. The third-order valence-corrected chi connectivity index (χ3v) is 5.16. The van der Waals surface area contributed by atoms with E-state index in [1.165, 1.54) is 0 Å². The molecule has 0 aromatic heterocycles. The quantitative estimate of drug-likeness (QED) is 0.219. The fourth-order valence-corrected chi connectivity index (χ4v) is 3.53. The van der Waals surface area contributed by atoms with E-state index in [9.17, 15) is 4.79 Å². The van der Waals surface area contributed by atoms with Crippen molar-refractivity contribution in [1.29, 1.82) is 0 Å². The van der Waals surface area contributed by atoms with Crippen LogP contribution in [0.3, 0.4) is 0 Å². The number of likely N-dealkylation sites (tertiary alicyclic amines) is 1.